The van der Waals surface area contributed by atoms with Gasteiger partial charge in [0.1, 0.15) is 23.9 Å². The third-order valence-electron chi connectivity index (χ3n) is 4.53. The zero-order valence-corrected chi connectivity index (χ0v) is 16.8. The highest BCUT2D eigenvalue weighted by molar-refractivity contribution is 5.94. The highest BCUT2D eigenvalue weighted by atomic mass is 16.5. The van der Waals surface area contributed by atoms with Gasteiger partial charge in [0, 0.05) is 30.4 Å². The third-order valence-corrected chi connectivity index (χ3v) is 4.53. The van der Waals surface area contributed by atoms with Crippen molar-refractivity contribution < 1.29 is 19.0 Å². The fraction of sp³-hybridized carbons (Fsp3) is 0.217. The molecule has 0 N–H and O–H groups in total. The van der Waals surface area contributed by atoms with Gasteiger partial charge in [-0.25, -0.2) is 0 Å². The van der Waals surface area contributed by atoms with Crippen LogP contribution in [0.2, 0.25) is 0 Å². The molecule has 0 aliphatic heterocycles. The predicted octanol–water partition coefficient (Wildman–Crippen LogP) is 3.92. The molecule has 3 aromatic rings. The first-order chi connectivity index (χ1) is 14.1. The minimum atomic E-state index is -0.0625. The molecule has 0 fully saturated rings. The summed E-state index contributed by atoms with van der Waals surface area (Å²) in [5, 5.41) is 0. The Kier molecular flexibility index (Phi) is 6.68. The second kappa shape index (κ2) is 9.59. The first-order valence-corrected chi connectivity index (χ1v) is 9.23. The molecule has 6 nitrogen and oxygen atoms in total. The lowest BCUT2D eigenvalue weighted by molar-refractivity contribution is 0.0773. The van der Waals surface area contributed by atoms with E-state index in [-0.39, 0.29) is 5.91 Å². The maximum atomic E-state index is 12.7. The van der Waals surface area contributed by atoms with E-state index in [4.69, 9.17) is 14.2 Å². The summed E-state index contributed by atoms with van der Waals surface area (Å²) >= 11 is 0. The molecule has 1 amide bonds. The van der Waals surface area contributed by atoms with Gasteiger partial charge in [-0.1, -0.05) is 18.2 Å². The summed E-state index contributed by atoms with van der Waals surface area (Å²) in [6.45, 7) is 0.859. The van der Waals surface area contributed by atoms with Gasteiger partial charge in [0.15, 0.2) is 0 Å². The monoisotopic (exact) mass is 392 g/mol. The summed E-state index contributed by atoms with van der Waals surface area (Å²) in [5.41, 5.74) is 2.51. The van der Waals surface area contributed by atoms with E-state index in [9.17, 15) is 4.79 Å². The van der Waals surface area contributed by atoms with Gasteiger partial charge >= 0.3 is 0 Å². The zero-order valence-electron chi connectivity index (χ0n) is 16.8. The Bertz CT molecular complexity index is 957. The van der Waals surface area contributed by atoms with Crippen LogP contribution in [0.15, 0.2) is 67.0 Å². The molecule has 0 radical (unpaired) electrons. The van der Waals surface area contributed by atoms with E-state index in [1.54, 1.807) is 38.6 Å². The SMILES string of the molecule is COc1cccc(OCCN(C)C(=O)c2ccc(-c3ccncc3OC)cc2)c1. The number of nitrogens with zero attached hydrogens (tertiary/aromatic N) is 2. The highest BCUT2D eigenvalue weighted by Gasteiger charge is 2.13. The molecule has 0 unspecified atom stereocenters. The first-order valence-electron chi connectivity index (χ1n) is 9.23. The smallest absolute Gasteiger partial charge is 0.253 e. The molecular weight excluding hydrogens is 368 g/mol. The highest BCUT2D eigenvalue weighted by Crippen LogP contribution is 2.28. The van der Waals surface area contributed by atoms with Crippen LogP contribution >= 0.6 is 0 Å². The summed E-state index contributed by atoms with van der Waals surface area (Å²) in [4.78, 5) is 18.4. The Balaban J connectivity index is 1.59. The van der Waals surface area contributed by atoms with Crippen LogP contribution in [0.3, 0.4) is 0 Å². The average molecular weight is 392 g/mol. The quantitative estimate of drug-likeness (QED) is 0.582. The molecular formula is C23H24N2O4. The maximum Gasteiger partial charge on any atom is 0.253 e. The lowest BCUT2D eigenvalue weighted by Crippen LogP contribution is -2.30. The van der Waals surface area contributed by atoms with Gasteiger partial charge in [-0.2, -0.15) is 0 Å². The van der Waals surface area contributed by atoms with E-state index in [1.165, 1.54) is 0 Å². The minimum Gasteiger partial charge on any atom is -0.497 e. The zero-order chi connectivity index (χ0) is 20.6. The van der Waals surface area contributed by atoms with Gasteiger partial charge in [-0.3, -0.25) is 9.78 Å². The number of hydrogen-bond acceptors (Lipinski definition) is 5. The molecule has 0 spiro atoms. The van der Waals surface area contributed by atoms with Crippen LogP contribution in [0, 0.1) is 0 Å². The normalized spacial score (nSPS) is 10.3. The first kappa shape index (κ1) is 20.2. The summed E-state index contributed by atoms with van der Waals surface area (Å²) in [6.07, 6.45) is 3.39. The summed E-state index contributed by atoms with van der Waals surface area (Å²) in [5.74, 6) is 2.07. The van der Waals surface area contributed by atoms with Gasteiger partial charge in [-0.05, 0) is 35.9 Å². The number of carbonyl (C=O) groups excluding carboxylic acids is 1. The van der Waals surface area contributed by atoms with E-state index >= 15 is 0 Å². The summed E-state index contributed by atoms with van der Waals surface area (Å²) in [7, 11) is 4.99. The number of rotatable bonds is 8. The van der Waals surface area contributed by atoms with Crippen LogP contribution in [0.5, 0.6) is 17.2 Å². The minimum absolute atomic E-state index is 0.0625. The Morgan fingerprint density at radius 3 is 2.48 bits per heavy atom. The molecule has 1 aromatic heterocycles. The number of amides is 1. The van der Waals surface area contributed by atoms with Gasteiger partial charge < -0.3 is 19.1 Å². The number of aromatic nitrogens is 1. The van der Waals surface area contributed by atoms with Gasteiger partial charge in [0.25, 0.3) is 5.91 Å². The van der Waals surface area contributed by atoms with E-state index in [1.807, 2.05) is 54.6 Å². The number of pyridine rings is 1. The Hall–Kier alpha value is -3.54. The fourth-order valence-corrected chi connectivity index (χ4v) is 2.89. The molecule has 0 saturated carbocycles. The lowest BCUT2D eigenvalue weighted by Gasteiger charge is -2.18. The number of carbonyl (C=O) groups is 1. The van der Waals surface area contributed by atoms with Crippen LogP contribution in [-0.4, -0.2) is 50.2 Å². The standard InChI is InChI=1S/C23H24N2O4/c1-25(13-14-29-20-6-4-5-19(15-20)27-2)23(26)18-9-7-17(8-10-18)21-11-12-24-16-22(21)28-3/h4-12,15-16H,13-14H2,1-3H3. The second-order valence-electron chi connectivity index (χ2n) is 6.41. The van der Waals surface area contributed by atoms with Crippen molar-refractivity contribution in [3.63, 3.8) is 0 Å². The molecule has 0 aliphatic rings. The summed E-state index contributed by atoms with van der Waals surface area (Å²) < 4.78 is 16.2. The van der Waals surface area contributed by atoms with E-state index < -0.39 is 0 Å². The van der Waals surface area contributed by atoms with Gasteiger partial charge in [0.05, 0.1) is 27.0 Å². The van der Waals surface area contributed by atoms with E-state index in [0.717, 1.165) is 16.9 Å². The molecule has 1 heterocycles. The molecule has 150 valence electrons. The molecule has 0 aliphatic carbocycles. The van der Waals surface area contributed by atoms with Gasteiger partial charge in [0.2, 0.25) is 0 Å². The largest absolute Gasteiger partial charge is 0.497 e. The molecule has 0 saturated heterocycles. The van der Waals surface area contributed by atoms with Crippen molar-refractivity contribution in [2.45, 2.75) is 0 Å². The fourth-order valence-electron chi connectivity index (χ4n) is 2.89. The number of benzene rings is 2. The third kappa shape index (κ3) is 5.04. The van der Waals surface area contributed by atoms with Crippen LogP contribution in [0.4, 0.5) is 0 Å². The average Bonchev–Trinajstić information content (AvgIpc) is 2.78. The van der Waals surface area contributed by atoms with Crippen LogP contribution in [0.1, 0.15) is 10.4 Å². The Morgan fingerprint density at radius 2 is 1.76 bits per heavy atom. The Labute approximate surface area is 170 Å². The van der Waals surface area contributed by atoms with Crippen molar-refractivity contribution in [1.29, 1.82) is 0 Å². The van der Waals surface area contributed by atoms with Crippen molar-refractivity contribution in [2.24, 2.45) is 0 Å². The number of likely N-dealkylation sites (N-methyl/N-ethyl adjacent to an activating group) is 1. The van der Waals surface area contributed by atoms with Crippen molar-refractivity contribution >= 4 is 5.91 Å². The Morgan fingerprint density at radius 1 is 1.00 bits per heavy atom. The van der Waals surface area contributed by atoms with Crippen molar-refractivity contribution in [1.82, 2.24) is 9.88 Å². The number of methoxy groups -OCH3 is 2. The van der Waals surface area contributed by atoms with Crippen LogP contribution in [0.25, 0.3) is 11.1 Å². The van der Waals surface area contributed by atoms with Crippen molar-refractivity contribution in [3.8, 4) is 28.4 Å². The van der Waals surface area contributed by atoms with Crippen LogP contribution < -0.4 is 14.2 Å². The predicted molar refractivity (Wildman–Crippen MR) is 112 cm³/mol. The van der Waals surface area contributed by atoms with E-state index in [0.29, 0.717) is 30.2 Å². The topological polar surface area (TPSA) is 60.9 Å². The van der Waals surface area contributed by atoms with Gasteiger partial charge in [-0.15, -0.1) is 0 Å². The molecule has 0 bridgehead atoms. The number of hydrogen-bond donors (Lipinski definition) is 0. The van der Waals surface area contributed by atoms with Crippen LogP contribution in [-0.2, 0) is 0 Å². The molecule has 3 rings (SSSR count). The molecule has 29 heavy (non-hydrogen) atoms. The van der Waals surface area contributed by atoms with Crippen molar-refractivity contribution in [3.05, 3.63) is 72.6 Å². The summed E-state index contributed by atoms with van der Waals surface area (Å²) in [6, 6.07) is 16.7. The molecule has 2 aromatic carbocycles. The second-order valence-corrected chi connectivity index (χ2v) is 6.41. The van der Waals surface area contributed by atoms with Crippen molar-refractivity contribution in [2.75, 3.05) is 34.4 Å². The number of ether oxygens (including phenoxy) is 3. The lowest BCUT2D eigenvalue weighted by atomic mass is 10.0. The molecule has 0 atom stereocenters. The maximum absolute atomic E-state index is 12.7. The molecule has 6 heteroatoms. The van der Waals surface area contributed by atoms with E-state index in [2.05, 4.69) is 4.98 Å².